The molecule has 4 rings (SSSR count). The van der Waals surface area contributed by atoms with Crippen molar-refractivity contribution in [2.24, 2.45) is 4.99 Å². The van der Waals surface area contributed by atoms with Gasteiger partial charge in [0, 0.05) is 28.2 Å². The first-order valence-electron chi connectivity index (χ1n) is 11.2. The Hall–Kier alpha value is -3.84. The highest BCUT2D eigenvalue weighted by atomic mass is 32.1. The molecular weight excluding hydrogens is 461 g/mol. The lowest BCUT2D eigenvalue weighted by molar-refractivity contribution is 0.0949. The van der Waals surface area contributed by atoms with E-state index in [0.29, 0.717) is 29.0 Å². The van der Waals surface area contributed by atoms with Crippen molar-refractivity contribution >= 4 is 23.2 Å². The summed E-state index contributed by atoms with van der Waals surface area (Å²) in [5.74, 6) is -0.774. The number of nitrogens with one attached hydrogen (secondary N) is 1. The molecule has 1 aromatic heterocycles. The van der Waals surface area contributed by atoms with Gasteiger partial charge in [0.25, 0.3) is 11.8 Å². The predicted molar refractivity (Wildman–Crippen MR) is 136 cm³/mol. The van der Waals surface area contributed by atoms with Crippen LogP contribution in [0.2, 0.25) is 0 Å². The number of thiazole rings is 1. The second-order valence-electron chi connectivity index (χ2n) is 8.40. The smallest absolute Gasteiger partial charge is 0.279 e. The molecule has 5 nitrogen and oxygen atoms in total. The molecule has 0 spiro atoms. The summed E-state index contributed by atoms with van der Waals surface area (Å²) in [4.78, 5) is 31.4. The minimum atomic E-state index is -0.305. The fourth-order valence-electron chi connectivity index (χ4n) is 3.55. The maximum Gasteiger partial charge on any atom is 0.279 e. The molecule has 0 aliphatic rings. The monoisotopic (exact) mass is 487 g/mol. The Labute approximate surface area is 207 Å². The van der Waals surface area contributed by atoms with Gasteiger partial charge in [-0.1, -0.05) is 42.0 Å². The summed E-state index contributed by atoms with van der Waals surface area (Å²) < 4.78 is 15.1. The lowest BCUT2D eigenvalue weighted by Gasteiger charge is -2.09. The average Bonchev–Trinajstić information content (AvgIpc) is 3.11. The number of hydrogen-bond acceptors (Lipinski definition) is 3. The summed E-state index contributed by atoms with van der Waals surface area (Å²) in [6.45, 7) is 6.86. The largest absolute Gasteiger partial charge is 0.348 e. The molecule has 1 N–H and O–H groups in total. The lowest BCUT2D eigenvalue weighted by atomic mass is 10.1. The molecule has 0 aliphatic heterocycles. The van der Waals surface area contributed by atoms with Crippen LogP contribution in [0.1, 0.15) is 48.0 Å². The summed E-state index contributed by atoms with van der Waals surface area (Å²) in [6, 6.07) is 20.8. The summed E-state index contributed by atoms with van der Waals surface area (Å²) in [5.41, 5.74) is 5.05. The van der Waals surface area contributed by atoms with Gasteiger partial charge in [-0.3, -0.25) is 9.59 Å². The minimum Gasteiger partial charge on any atom is -0.348 e. The fraction of sp³-hybridized carbons (Fsp3) is 0.179. The van der Waals surface area contributed by atoms with E-state index in [2.05, 4.69) is 10.3 Å². The van der Waals surface area contributed by atoms with E-state index in [1.165, 1.54) is 23.5 Å². The molecule has 178 valence electrons. The normalized spacial score (nSPS) is 11.5. The Morgan fingerprint density at radius 3 is 2.11 bits per heavy atom. The quantitative estimate of drug-likeness (QED) is 0.399. The minimum absolute atomic E-state index is 0.199. The molecule has 1 heterocycles. The molecule has 0 saturated carbocycles. The number of aryl methyl sites for hydroxylation is 2. The van der Waals surface area contributed by atoms with Crippen LogP contribution < -0.4 is 10.1 Å². The molecule has 0 radical (unpaired) electrons. The number of carbonyl (C=O) groups is 2. The van der Waals surface area contributed by atoms with Crippen molar-refractivity contribution in [3.05, 3.63) is 122 Å². The van der Waals surface area contributed by atoms with Gasteiger partial charge in [0.1, 0.15) is 5.82 Å². The maximum atomic E-state index is 13.0. The van der Waals surface area contributed by atoms with Gasteiger partial charge in [0.05, 0.1) is 6.54 Å². The Morgan fingerprint density at radius 1 is 0.857 bits per heavy atom. The van der Waals surface area contributed by atoms with Crippen LogP contribution >= 0.6 is 11.3 Å². The third kappa shape index (κ3) is 6.00. The van der Waals surface area contributed by atoms with E-state index in [0.717, 1.165) is 27.3 Å². The number of carbonyl (C=O) groups excluding carboxylic acids is 2. The average molecular weight is 488 g/mol. The van der Waals surface area contributed by atoms with Crippen LogP contribution in [0.5, 0.6) is 0 Å². The van der Waals surface area contributed by atoms with E-state index in [-0.39, 0.29) is 17.6 Å². The number of nitrogens with zero attached hydrogens (tertiary/aromatic N) is 2. The van der Waals surface area contributed by atoms with E-state index in [4.69, 9.17) is 0 Å². The van der Waals surface area contributed by atoms with Gasteiger partial charge in [0.2, 0.25) is 0 Å². The van der Waals surface area contributed by atoms with Crippen molar-refractivity contribution in [1.82, 2.24) is 9.88 Å². The molecule has 4 aromatic rings. The molecule has 3 aromatic carbocycles. The van der Waals surface area contributed by atoms with Gasteiger partial charge in [0.15, 0.2) is 4.80 Å². The zero-order chi connectivity index (χ0) is 24.9. The van der Waals surface area contributed by atoms with Gasteiger partial charge in [-0.05, 0) is 68.3 Å². The van der Waals surface area contributed by atoms with Crippen LogP contribution in [-0.4, -0.2) is 16.4 Å². The van der Waals surface area contributed by atoms with Gasteiger partial charge < -0.3 is 9.88 Å². The first-order chi connectivity index (χ1) is 16.8. The van der Waals surface area contributed by atoms with Crippen LogP contribution in [0.4, 0.5) is 4.39 Å². The zero-order valence-corrected chi connectivity index (χ0v) is 20.7. The van der Waals surface area contributed by atoms with E-state index >= 15 is 0 Å². The first-order valence-corrected chi connectivity index (χ1v) is 12.1. The Balaban J connectivity index is 1.48. The summed E-state index contributed by atoms with van der Waals surface area (Å²) in [6.07, 6.45) is 0. The lowest BCUT2D eigenvalue weighted by Crippen LogP contribution is -2.23. The molecule has 0 bridgehead atoms. The van der Waals surface area contributed by atoms with Crippen LogP contribution in [-0.2, 0) is 13.1 Å². The van der Waals surface area contributed by atoms with Crippen LogP contribution in [0.25, 0.3) is 0 Å². The fourth-order valence-corrected chi connectivity index (χ4v) is 4.52. The van der Waals surface area contributed by atoms with Crippen molar-refractivity contribution in [2.75, 3.05) is 0 Å². The van der Waals surface area contributed by atoms with Crippen molar-refractivity contribution in [1.29, 1.82) is 0 Å². The van der Waals surface area contributed by atoms with Crippen LogP contribution in [0, 0.1) is 26.6 Å². The van der Waals surface area contributed by atoms with Crippen molar-refractivity contribution in [2.45, 2.75) is 33.9 Å². The van der Waals surface area contributed by atoms with Gasteiger partial charge in [-0.15, -0.1) is 11.3 Å². The van der Waals surface area contributed by atoms with E-state index in [1.807, 2.05) is 49.6 Å². The second-order valence-corrected chi connectivity index (χ2v) is 9.58. The Morgan fingerprint density at radius 2 is 1.46 bits per heavy atom. The standard InChI is InChI=1S/C28H26FN3O2S/c1-18-4-10-24(11-5-18)27(34)31-28-32(19(2)20(3)35-28)17-22-6-12-23(13-7-22)26(33)30-16-21-8-14-25(29)15-9-21/h4-15H,16-17H2,1-3H3,(H,30,33). The topological polar surface area (TPSA) is 63.5 Å². The second kappa shape index (κ2) is 10.6. The molecule has 2 amide bonds. The zero-order valence-electron chi connectivity index (χ0n) is 19.8. The Kier molecular flexibility index (Phi) is 7.36. The number of hydrogen-bond donors (Lipinski definition) is 1. The molecule has 0 aliphatic carbocycles. The third-order valence-electron chi connectivity index (χ3n) is 5.81. The number of rotatable bonds is 6. The van der Waals surface area contributed by atoms with E-state index < -0.39 is 0 Å². The number of amides is 2. The van der Waals surface area contributed by atoms with Gasteiger partial charge in [-0.25, -0.2) is 4.39 Å². The molecule has 0 saturated heterocycles. The number of aromatic nitrogens is 1. The molecule has 7 heteroatoms. The van der Waals surface area contributed by atoms with Crippen molar-refractivity contribution in [3.8, 4) is 0 Å². The van der Waals surface area contributed by atoms with Gasteiger partial charge in [-0.2, -0.15) is 4.99 Å². The highest BCUT2D eigenvalue weighted by molar-refractivity contribution is 7.09. The van der Waals surface area contributed by atoms with Crippen LogP contribution in [0.15, 0.2) is 77.8 Å². The maximum absolute atomic E-state index is 13.0. The van der Waals surface area contributed by atoms with Crippen molar-refractivity contribution in [3.63, 3.8) is 0 Å². The molecule has 0 atom stereocenters. The van der Waals surface area contributed by atoms with Crippen LogP contribution in [0.3, 0.4) is 0 Å². The third-order valence-corrected chi connectivity index (χ3v) is 6.90. The SMILES string of the molecule is Cc1ccc(C(=O)N=c2sc(C)c(C)n2Cc2ccc(C(=O)NCc3ccc(F)cc3)cc2)cc1. The predicted octanol–water partition coefficient (Wildman–Crippen LogP) is 5.33. The summed E-state index contributed by atoms with van der Waals surface area (Å²) in [5, 5.41) is 2.85. The highest BCUT2D eigenvalue weighted by Crippen LogP contribution is 2.14. The molecule has 35 heavy (non-hydrogen) atoms. The van der Waals surface area contributed by atoms with E-state index in [1.54, 1.807) is 36.4 Å². The summed E-state index contributed by atoms with van der Waals surface area (Å²) >= 11 is 1.49. The first kappa shape index (κ1) is 24.3. The highest BCUT2D eigenvalue weighted by Gasteiger charge is 2.11. The summed E-state index contributed by atoms with van der Waals surface area (Å²) in [7, 11) is 0. The molecule has 0 unspecified atom stereocenters. The van der Waals surface area contributed by atoms with Crippen molar-refractivity contribution < 1.29 is 14.0 Å². The molecule has 0 fully saturated rings. The van der Waals surface area contributed by atoms with Gasteiger partial charge >= 0.3 is 0 Å². The molecular formula is C28H26FN3O2S. The number of benzene rings is 3. The number of halogens is 1. The van der Waals surface area contributed by atoms with E-state index in [9.17, 15) is 14.0 Å². The Bertz CT molecular complexity index is 1420.